The van der Waals surface area contributed by atoms with Gasteiger partial charge in [-0.1, -0.05) is 19.1 Å². The summed E-state index contributed by atoms with van der Waals surface area (Å²) in [5.41, 5.74) is 2.30. The molecule has 0 fully saturated rings. The molecular formula is C12H12N2O2. The number of nitro groups is 1. The third-order valence-electron chi connectivity index (χ3n) is 2.69. The van der Waals surface area contributed by atoms with E-state index in [0.29, 0.717) is 0 Å². The number of hydrogen-bond donors (Lipinski definition) is 1. The van der Waals surface area contributed by atoms with E-state index in [9.17, 15) is 10.1 Å². The van der Waals surface area contributed by atoms with E-state index in [1.165, 1.54) is 12.1 Å². The molecule has 0 aliphatic rings. The molecule has 0 saturated carbocycles. The van der Waals surface area contributed by atoms with Gasteiger partial charge in [0.2, 0.25) is 0 Å². The second-order valence-corrected chi connectivity index (χ2v) is 3.70. The highest BCUT2D eigenvalue weighted by molar-refractivity contribution is 5.36. The molecule has 0 aliphatic heterocycles. The van der Waals surface area contributed by atoms with Crippen molar-refractivity contribution < 1.29 is 4.92 Å². The van der Waals surface area contributed by atoms with Gasteiger partial charge in [-0.2, -0.15) is 0 Å². The van der Waals surface area contributed by atoms with Crippen LogP contribution in [-0.4, -0.2) is 9.91 Å². The topological polar surface area (TPSA) is 58.9 Å². The van der Waals surface area contributed by atoms with Gasteiger partial charge in [-0.15, -0.1) is 0 Å². The zero-order valence-corrected chi connectivity index (χ0v) is 8.88. The zero-order chi connectivity index (χ0) is 11.5. The lowest BCUT2D eigenvalue weighted by atomic mass is 9.98. The fraction of sp³-hybridized carbons (Fsp3) is 0.167. The molecule has 4 heteroatoms. The maximum Gasteiger partial charge on any atom is 0.269 e. The molecule has 0 saturated heterocycles. The molecule has 16 heavy (non-hydrogen) atoms. The van der Waals surface area contributed by atoms with E-state index in [4.69, 9.17) is 0 Å². The number of rotatable bonds is 3. The summed E-state index contributed by atoms with van der Waals surface area (Å²) in [5, 5.41) is 10.5. The molecule has 1 aromatic carbocycles. The molecule has 1 heterocycles. The minimum Gasteiger partial charge on any atom is -0.364 e. The van der Waals surface area contributed by atoms with Crippen LogP contribution in [0.4, 0.5) is 5.69 Å². The van der Waals surface area contributed by atoms with Gasteiger partial charge in [0, 0.05) is 29.9 Å². The highest BCUT2D eigenvalue weighted by atomic mass is 16.6. The van der Waals surface area contributed by atoms with Crippen molar-refractivity contribution in [3.63, 3.8) is 0 Å². The third kappa shape index (κ3) is 1.95. The fourth-order valence-corrected chi connectivity index (χ4v) is 1.68. The van der Waals surface area contributed by atoms with Crippen molar-refractivity contribution in [2.75, 3.05) is 0 Å². The molecular weight excluding hydrogens is 204 g/mol. The van der Waals surface area contributed by atoms with Gasteiger partial charge >= 0.3 is 0 Å². The van der Waals surface area contributed by atoms with Gasteiger partial charge in [-0.25, -0.2) is 0 Å². The quantitative estimate of drug-likeness (QED) is 0.633. The lowest BCUT2D eigenvalue weighted by Gasteiger charge is -2.09. The molecule has 1 atom stereocenters. The number of nitrogens with zero attached hydrogens (tertiary/aromatic N) is 1. The predicted molar refractivity (Wildman–Crippen MR) is 61.4 cm³/mol. The summed E-state index contributed by atoms with van der Waals surface area (Å²) in [6, 6.07) is 10.6. The fourth-order valence-electron chi connectivity index (χ4n) is 1.68. The average molecular weight is 216 g/mol. The van der Waals surface area contributed by atoms with Gasteiger partial charge in [0.15, 0.2) is 0 Å². The molecule has 4 nitrogen and oxygen atoms in total. The maximum atomic E-state index is 10.5. The molecule has 1 unspecified atom stereocenters. The van der Waals surface area contributed by atoms with Gasteiger partial charge in [0.05, 0.1) is 4.92 Å². The van der Waals surface area contributed by atoms with Crippen LogP contribution < -0.4 is 0 Å². The van der Waals surface area contributed by atoms with Gasteiger partial charge in [-0.3, -0.25) is 10.1 Å². The average Bonchev–Trinajstić information content (AvgIpc) is 2.81. The first-order chi connectivity index (χ1) is 7.68. The SMILES string of the molecule is CC(c1ccc([N+](=O)[O-])cc1)c1ccc[nH]1. The first-order valence-electron chi connectivity index (χ1n) is 5.06. The summed E-state index contributed by atoms with van der Waals surface area (Å²) in [6.45, 7) is 2.06. The van der Waals surface area contributed by atoms with Crippen molar-refractivity contribution in [1.82, 2.24) is 4.98 Å². The van der Waals surface area contributed by atoms with Crippen molar-refractivity contribution >= 4 is 5.69 Å². The van der Waals surface area contributed by atoms with Gasteiger partial charge < -0.3 is 4.98 Å². The Morgan fingerprint density at radius 2 is 1.94 bits per heavy atom. The number of nitro benzene ring substituents is 1. The molecule has 82 valence electrons. The maximum absolute atomic E-state index is 10.5. The van der Waals surface area contributed by atoms with Crippen molar-refractivity contribution in [3.05, 3.63) is 64.0 Å². The van der Waals surface area contributed by atoms with Crippen molar-refractivity contribution in [2.24, 2.45) is 0 Å². The van der Waals surface area contributed by atoms with Crippen LogP contribution in [0.15, 0.2) is 42.6 Å². The smallest absolute Gasteiger partial charge is 0.269 e. The number of nitrogens with one attached hydrogen (secondary N) is 1. The van der Waals surface area contributed by atoms with E-state index in [2.05, 4.69) is 11.9 Å². The Balaban J connectivity index is 2.25. The van der Waals surface area contributed by atoms with Gasteiger partial charge in [0.25, 0.3) is 5.69 Å². The van der Waals surface area contributed by atoms with Gasteiger partial charge in [0.1, 0.15) is 0 Å². The van der Waals surface area contributed by atoms with E-state index in [1.54, 1.807) is 12.1 Å². The number of H-pyrrole nitrogens is 1. The van der Waals surface area contributed by atoms with Crippen LogP contribution in [0.3, 0.4) is 0 Å². The number of aromatic amines is 1. The standard InChI is InChI=1S/C12H12N2O2/c1-9(12-3-2-8-13-12)10-4-6-11(7-5-10)14(15)16/h2-9,13H,1H3. The molecule has 0 radical (unpaired) electrons. The predicted octanol–water partition coefficient (Wildman–Crippen LogP) is 3.07. The van der Waals surface area contributed by atoms with Crippen molar-refractivity contribution in [2.45, 2.75) is 12.8 Å². The summed E-state index contributed by atoms with van der Waals surface area (Å²) in [6.07, 6.45) is 1.87. The highest BCUT2D eigenvalue weighted by Gasteiger charge is 2.11. The van der Waals surface area contributed by atoms with Crippen LogP contribution in [0.5, 0.6) is 0 Å². The summed E-state index contributed by atoms with van der Waals surface area (Å²) < 4.78 is 0. The normalized spacial score (nSPS) is 12.3. The minimum absolute atomic E-state index is 0.127. The lowest BCUT2D eigenvalue weighted by molar-refractivity contribution is -0.384. The van der Waals surface area contributed by atoms with Gasteiger partial charge in [-0.05, 0) is 17.7 Å². The monoisotopic (exact) mass is 216 g/mol. The number of aromatic nitrogens is 1. The third-order valence-corrected chi connectivity index (χ3v) is 2.69. The first kappa shape index (κ1) is 10.4. The Morgan fingerprint density at radius 3 is 2.44 bits per heavy atom. The zero-order valence-electron chi connectivity index (χ0n) is 8.88. The van der Waals surface area contributed by atoms with Crippen LogP contribution in [0, 0.1) is 10.1 Å². The van der Waals surface area contributed by atoms with Crippen molar-refractivity contribution in [1.29, 1.82) is 0 Å². The van der Waals surface area contributed by atoms with Crippen molar-refractivity contribution in [3.8, 4) is 0 Å². The Hall–Kier alpha value is -2.10. The highest BCUT2D eigenvalue weighted by Crippen LogP contribution is 2.24. The summed E-state index contributed by atoms with van der Waals surface area (Å²) in [7, 11) is 0. The lowest BCUT2D eigenvalue weighted by Crippen LogP contribution is -1.96. The van der Waals surface area contributed by atoms with Crippen LogP contribution in [0.1, 0.15) is 24.1 Å². The Kier molecular flexibility index (Phi) is 2.72. The van der Waals surface area contributed by atoms with E-state index in [1.807, 2.05) is 18.3 Å². The van der Waals surface area contributed by atoms with Crippen LogP contribution in [-0.2, 0) is 0 Å². The van der Waals surface area contributed by atoms with Crippen LogP contribution in [0.2, 0.25) is 0 Å². The van der Waals surface area contributed by atoms with E-state index in [-0.39, 0.29) is 16.5 Å². The first-order valence-corrected chi connectivity index (χ1v) is 5.06. The molecule has 2 rings (SSSR count). The largest absolute Gasteiger partial charge is 0.364 e. The van der Waals surface area contributed by atoms with E-state index < -0.39 is 0 Å². The summed E-state index contributed by atoms with van der Waals surface area (Å²) >= 11 is 0. The second kappa shape index (κ2) is 4.18. The second-order valence-electron chi connectivity index (χ2n) is 3.70. The Labute approximate surface area is 93.1 Å². The molecule has 0 bridgehead atoms. The molecule has 1 N–H and O–H groups in total. The molecule has 0 amide bonds. The number of non-ortho nitro benzene ring substituents is 1. The summed E-state index contributed by atoms with van der Waals surface area (Å²) in [4.78, 5) is 13.3. The molecule has 0 aliphatic carbocycles. The Bertz CT molecular complexity index is 474. The minimum atomic E-state index is -0.386. The molecule has 1 aromatic heterocycles. The van der Waals surface area contributed by atoms with Crippen LogP contribution in [0.25, 0.3) is 0 Å². The number of hydrogen-bond acceptors (Lipinski definition) is 2. The van der Waals surface area contributed by atoms with E-state index in [0.717, 1.165) is 11.3 Å². The molecule has 0 spiro atoms. The van der Waals surface area contributed by atoms with Crippen LogP contribution >= 0.6 is 0 Å². The molecule has 2 aromatic rings. The Morgan fingerprint density at radius 1 is 1.25 bits per heavy atom. The number of benzene rings is 1. The van der Waals surface area contributed by atoms with E-state index >= 15 is 0 Å². The summed E-state index contributed by atoms with van der Waals surface area (Å²) in [5.74, 6) is 0.218.